The summed E-state index contributed by atoms with van der Waals surface area (Å²) >= 11 is 0. The van der Waals surface area contributed by atoms with Gasteiger partial charge in [0.25, 0.3) is 0 Å². The molecule has 1 aliphatic heterocycles. The van der Waals surface area contributed by atoms with Crippen LogP contribution in [-0.4, -0.2) is 41.2 Å². The number of ether oxygens (including phenoxy) is 1. The molecule has 36 heavy (non-hydrogen) atoms. The molecular formula is C32H43NO3. The Bertz CT molecular complexity index is 934. The van der Waals surface area contributed by atoms with Crippen molar-refractivity contribution in [3.63, 3.8) is 0 Å². The minimum absolute atomic E-state index is 0.279. The number of aliphatic carboxylic acids is 1. The smallest absolute Gasteiger partial charge is 0.303 e. The predicted molar refractivity (Wildman–Crippen MR) is 147 cm³/mol. The maximum Gasteiger partial charge on any atom is 0.303 e. The van der Waals surface area contributed by atoms with Gasteiger partial charge in [0.05, 0.1) is 12.7 Å². The monoisotopic (exact) mass is 489 g/mol. The average Bonchev–Trinajstić information content (AvgIpc) is 3.32. The number of unbranched alkanes of at least 4 members (excludes halogenated alkanes) is 2. The van der Waals surface area contributed by atoms with Gasteiger partial charge in [0.15, 0.2) is 0 Å². The number of hydrogen-bond donors (Lipinski definition) is 1. The summed E-state index contributed by atoms with van der Waals surface area (Å²) in [5, 5.41) is 8.77. The Balaban J connectivity index is 1.29. The van der Waals surface area contributed by atoms with Crippen molar-refractivity contribution >= 4 is 5.97 Å². The zero-order valence-electron chi connectivity index (χ0n) is 21.7. The van der Waals surface area contributed by atoms with E-state index in [4.69, 9.17) is 9.84 Å². The molecule has 4 heteroatoms. The van der Waals surface area contributed by atoms with Crippen molar-refractivity contribution in [3.8, 4) is 11.1 Å². The minimum Gasteiger partial charge on any atom is -0.481 e. The Labute approximate surface area is 217 Å². The van der Waals surface area contributed by atoms with Crippen LogP contribution in [0.15, 0.2) is 66.7 Å². The second-order valence-electron chi connectivity index (χ2n) is 10.5. The Morgan fingerprint density at radius 3 is 2.36 bits per heavy atom. The lowest BCUT2D eigenvalue weighted by atomic mass is 9.93. The highest BCUT2D eigenvalue weighted by Crippen LogP contribution is 2.37. The number of carbonyl (C=O) groups is 1. The summed E-state index contributed by atoms with van der Waals surface area (Å²) < 4.78 is 6.59. The first-order valence-electron chi connectivity index (χ1n) is 14.1. The van der Waals surface area contributed by atoms with Crippen LogP contribution in [0, 0.1) is 5.92 Å². The topological polar surface area (TPSA) is 49.8 Å². The lowest BCUT2D eigenvalue weighted by Crippen LogP contribution is -2.43. The summed E-state index contributed by atoms with van der Waals surface area (Å²) in [5.74, 6) is -0.106. The standard InChI is InChI=1S/C32H43NO3/c34-32(35)16-10-4-2-1-3-9-15-29-30(33-23-11-6-12-24-33)21-22-31(29)36-25-26-17-19-28(20-18-26)27-13-7-5-8-14-27/h1,3,5,7-8,13-14,17-20,29-31H,2,4,6,9-12,15-16,21-25H2,(H,34,35)/t29-,30+,31+/m1/s1. The number of piperidine rings is 1. The first kappa shape index (κ1) is 26.6. The molecule has 3 atom stereocenters. The molecule has 4 rings (SSSR count). The second kappa shape index (κ2) is 14.3. The van der Waals surface area contributed by atoms with Gasteiger partial charge >= 0.3 is 5.97 Å². The molecule has 2 aromatic carbocycles. The molecular weight excluding hydrogens is 446 g/mol. The van der Waals surface area contributed by atoms with Crippen molar-refractivity contribution in [3.05, 3.63) is 72.3 Å². The van der Waals surface area contributed by atoms with Gasteiger partial charge in [-0.1, -0.05) is 73.2 Å². The Morgan fingerprint density at radius 1 is 0.889 bits per heavy atom. The molecule has 2 aliphatic rings. The fraction of sp³-hybridized carbons (Fsp3) is 0.531. The molecule has 1 N–H and O–H groups in total. The van der Waals surface area contributed by atoms with Crippen molar-refractivity contribution in [2.75, 3.05) is 13.1 Å². The minimum atomic E-state index is -0.692. The number of carboxylic acids is 1. The van der Waals surface area contributed by atoms with E-state index in [1.54, 1.807) is 0 Å². The first-order valence-corrected chi connectivity index (χ1v) is 14.1. The first-order chi connectivity index (χ1) is 17.7. The van der Waals surface area contributed by atoms with Gasteiger partial charge in [-0.05, 0) is 87.6 Å². The van der Waals surface area contributed by atoms with Crippen LogP contribution in [0.3, 0.4) is 0 Å². The Kier molecular flexibility index (Phi) is 10.6. The molecule has 1 heterocycles. The molecule has 1 aliphatic carbocycles. The van der Waals surface area contributed by atoms with E-state index in [1.807, 2.05) is 0 Å². The molecule has 0 unspecified atom stereocenters. The SMILES string of the molecule is O=C(O)CCCCC=CCC[C@H]1[C@@H](OCc2ccc(-c3ccccc3)cc2)CC[C@@H]1N1CCCCC1. The fourth-order valence-corrected chi connectivity index (χ4v) is 5.99. The third-order valence-electron chi connectivity index (χ3n) is 7.95. The summed E-state index contributed by atoms with van der Waals surface area (Å²) in [7, 11) is 0. The van der Waals surface area contributed by atoms with E-state index < -0.39 is 5.97 Å². The number of likely N-dealkylation sites (tertiary alicyclic amines) is 1. The zero-order valence-corrected chi connectivity index (χ0v) is 21.7. The molecule has 0 spiro atoms. The van der Waals surface area contributed by atoms with Gasteiger partial charge in [0.1, 0.15) is 0 Å². The van der Waals surface area contributed by atoms with Crippen LogP contribution in [-0.2, 0) is 16.1 Å². The van der Waals surface area contributed by atoms with Gasteiger partial charge < -0.3 is 14.7 Å². The van der Waals surface area contributed by atoms with Gasteiger partial charge in [0, 0.05) is 18.4 Å². The van der Waals surface area contributed by atoms with Gasteiger partial charge in [-0.15, -0.1) is 0 Å². The Morgan fingerprint density at radius 2 is 1.61 bits per heavy atom. The zero-order chi connectivity index (χ0) is 25.0. The number of nitrogens with zero attached hydrogens (tertiary/aromatic N) is 1. The van der Waals surface area contributed by atoms with Crippen molar-refractivity contribution in [2.24, 2.45) is 5.92 Å². The van der Waals surface area contributed by atoms with E-state index in [-0.39, 0.29) is 6.42 Å². The summed E-state index contributed by atoms with van der Waals surface area (Å²) in [6, 6.07) is 20.0. The van der Waals surface area contributed by atoms with Gasteiger partial charge in [-0.3, -0.25) is 4.79 Å². The number of rotatable bonds is 13. The second-order valence-corrected chi connectivity index (χ2v) is 10.5. The maximum atomic E-state index is 10.7. The van der Waals surface area contributed by atoms with Crippen LogP contribution >= 0.6 is 0 Å². The molecule has 2 aromatic rings. The Hall–Kier alpha value is -2.43. The lowest BCUT2D eigenvalue weighted by Gasteiger charge is -2.37. The highest BCUT2D eigenvalue weighted by Gasteiger charge is 2.39. The van der Waals surface area contributed by atoms with Crippen LogP contribution in [0.5, 0.6) is 0 Å². The number of hydrogen-bond acceptors (Lipinski definition) is 3. The molecule has 0 amide bonds. The van der Waals surface area contributed by atoms with Crippen molar-refractivity contribution in [2.45, 2.75) is 89.4 Å². The number of benzene rings is 2. The van der Waals surface area contributed by atoms with Crippen molar-refractivity contribution < 1.29 is 14.6 Å². The molecule has 0 bridgehead atoms. The number of allylic oxidation sites excluding steroid dienone is 2. The van der Waals surface area contributed by atoms with Gasteiger partial charge in [0.2, 0.25) is 0 Å². The third-order valence-corrected chi connectivity index (χ3v) is 7.95. The maximum absolute atomic E-state index is 10.7. The summed E-state index contributed by atoms with van der Waals surface area (Å²) in [4.78, 5) is 13.4. The van der Waals surface area contributed by atoms with Crippen molar-refractivity contribution in [1.82, 2.24) is 4.90 Å². The highest BCUT2D eigenvalue weighted by molar-refractivity contribution is 5.66. The molecule has 194 valence electrons. The number of carboxylic acid groups (broad SMARTS) is 1. The van der Waals surface area contributed by atoms with E-state index >= 15 is 0 Å². The van der Waals surface area contributed by atoms with E-state index in [2.05, 4.69) is 71.6 Å². The van der Waals surface area contributed by atoms with E-state index in [1.165, 1.54) is 61.9 Å². The molecule has 0 aromatic heterocycles. The fourth-order valence-electron chi connectivity index (χ4n) is 5.99. The van der Waals surface area contributed by atoms with Gasteiger partial charge in [-0.25, -0.2) is 0 Å². The van der Waals surface area contributed by atoms with Crippen LogP contribution in [0.25, 0.3) is 11.1 Å². The summed E-state index contributed by atoms with van der Waals surface area (Å²) in [6.07, 6.45) is 16.6. The normalized spacial score (nSPS) is 22.8. The van der Waals surface area contributed by atoms with Crippen LogP contribution in [0.4, 0.5) is 0 Å². The summed E-state index contributed by atoms with van der Waals surface area (Å²) in [5.41, 5.74) is 3.74. The quantitative estimate of drug-likeness (QED) is 0.234. The van der Waals surface area contributed by atoms with Crippen molar-refractivity contribution in [1.29, 1.82) is 0 Å². The summed E-state index contributed by atoms with van der Waals surface area (Å²) in [6.45, 7) is 3.17. The van der Waals surface area contributed by atoms with Crippen LogP contribution < -0.4 is 0 Å². The molecule has 1 saturated carbocycles. The average molecular weight is 490 g/mol. The van der Waals surface area contributed by atoms with Crippen LogP contribution in [0.2, 0.25) is 0 Å². The lowest BCUT2D eigenvalue weighted by molar-refractivity contribution is -0.137. The third kappa shape index (κ3) is 8.04. The molecule has 1 saturated heterocycles. The largest absolute Gasteiger partial charge is 0.481 e. The van der Waals surface area contributed by atoms with Gasteiger partial charge in [-0.2, -0.15) is 0 Å². The highest BCUT2D eigenvalue weighted by atomic mass is 16.5. The predicted octanol–water partition coefficient (Wildman–Crippen LogP) is 7.48. The molecule has 2 fully saturated rings. The van der Waals surface area contributed by atoms with Crippen LogP contribution in [0.1, 0.15) is 76.2 Å². The van der Waals surface area contributed by atoms with E-state index in [0.29, 0.717) is 24.7 Å². The molecule has 4 nitrogen and oxygen atoms in total. The van der Waals surface area contributed by atoms with E-state index in [0.717, 1.165) is 32.1 Å². The van der Waals surface area contributed by atoms with E-state index in [9.17, 15) is 4.79 Å². The molecule has 0 radical (unpaired) electrons.